The Morgan fingerprint density at radius 2 is 1.95 bits per heavy atom. The van der Waals surface area contributed by atoms with Gasteiger partial charge in [-0.2, -0.15) is 0 Å². The van der Waals surface area contributed by atoms with Gasteiger partial charge >= 0.3 is 0 Å². The summed E-state index contributed by atoms with van der Waals surface area (Å²) in [6, 6.07) is 10.9. The number of carbonyl (C=O) groups excluding carboxylic acids is 1. The molecule has 1 aromatic rings. The Hall–Kier alpha value is -1.35. The molecule has 19 heavy (non-hydrogen) atoms. The van der Waals surface area contributed by atoms with Gasteiger partial charge in [-0.1, -0.05) is 43.2 Å². The topological polar surface area (TPSA) is 41.1 Å². The van der Waals surface area contributed by atoms with E-state index in [1.165, 1.54) is 24.8 Å². The molecule has 1 aliphatic rings. The van der Waals surface area contributed by atoms with E-state index in [0.717, 1.165) is 13.0 Å². The van der Waals surface area contributed by atoms with Crippen molar-refractivity contribution in [1.29, 1.82) is 0 Å². The minimum Gasteiger partial charge on any atom is -0.353 e. The molecule has 3 nitrogen and oxygen atoms in total. The number of nitrogens with one attached hydrogen (secondary N) is 2. The Bertz CT molecular complexity index is 391. The standard InChI is InChI=1S/C16H24N2O/c1-17-12-11-16(19)18-15-10-6-5-9-14(15)13-7-3-2-4-8-13/h2-4,7-8,14-15,17H,5-6,9-12H2,1H3,(H,18,19). The average Bonchev–Trinajstić information content (AvgIpc) is 2.46. The van der Waals surface area contributed by atoms with E-state index in [2.05, 4.69) is 34.9 Å². The van der Waals surface area contributed by atoms with Gasteiger partial charge in [0.25, 0.3) is 0 Å². The number of rotatable bonds is 5. The number of carbonyl (C=O) groups is 1. The van der Waals surface area contributed by atoms with Crippen LogP contribution in [0, 0.1) is 0 Å². The van der Waals surface area contributed by atoms with Gasteiger partial charge in [-0.15, -0.1) is 0 Å². The molecule has 0 radical (unpaired) electrons. The number of benzene rings is 1. The first-order valence-electron chi connectivity index (χ1n) is 7.30. The van der Waals surface area contributed by atoms with E-state index in [0.29, 0.717) is 18.4 Å². The van der Waals surface area contributed by atoms with Gasteiger partial charge in [0, 0.05) is 24.9 Å². The zero-order valence-corrected chi connectivity index (χ0v) is 11.7. The van der Waals surface area contributed by atoms with Gasteiger partial charge in [0.1, 0.15) is 0 Å². The fourth-order valence-corrected chi connectivity index (χ4v) is 2.92. The molecule has 3 heteroatoms. The van der Waals surface area contributed by atoms with E-state index in [1.54, 1.807) is 0 Å². The summed E-state index contributed by atoms with van der Waals surface area (Å²) in [5.74, 6) is 0.649. The van der Waals surface area contributed by atoms with Crippen molar-refractivity contribution < 1.29 is 4.79 Å². The second kappa shape index (κ2) is 7.29. The lowest BCUT2D eigenvalue weighted by atomic mass is 9.80. The van der Waals surface area contributed by atoms with Crippen LogP contribution in [0.2, 0.25) is 0 Å². The van der Waals surface area contributed by atoms with Crippen LogP contribution in [-0.2, 0) is 4.79 Å². The average molecular weight is 260 g/mol. The highest BCUT2D eigenvalue weighted by Crippen LogP contribution is 2.32. The second-order valence-corrected chi connectivity index (χ2v) is 5.33. The maximum absolute atomic E-state index is 11.9. The molecule has 0 saturated heterocycles. The summed E-state index contributed by atoms with van der Waals surface area (Å²) in [5, 5.41) is 6.24. The quantitative estimate of drug-likeness (QED) is 0.854. The van der Waals surface area contributed by atoms with E-state index >= 15 is 0 Å². The van der Waals surface area contributed by atoms with Crippen molar-refractivity contribution in [2.24, 2.45) is 0 Å². The minimum atomic E-state index is 0.169. The molecular formula is C16H24N2O. The molecule has 104 valence electrons. The number of hydrogen-bond donors (Lipinski definition) is 2. The van der Waals surface area contributed by atoms with Gasteiger partial charge in [-0.25, -0.2) is 0 Å². The van der Waals surface area contributed by atoms with Crippen molar-refractivity contribution in [2.75, 3.05) is 13.6 Å². The molecule has 1 saturated carbocycles. The number of amides is 1. The van der Waals surface area contributed by atoms with Gasteiger partial charge in [0.05, 0.1) is 0 Å². The second-order valence-electron chi connectivity index (χ2n) is 5.33. The minimum absolute atomic E-state index is 0.169. The first kappa shape index (κ1) is 14.1. The van der Waals surface area contributed by atoms with E-state index in [1.807, 2.05) is 13.1 Å². The van der Waals surface area contributed by atoms with Crippen LogP contribution in [0.1, 0.15) is 43.6 Å². The molecule has 1 aromatic carbocycles. The first-order chi connectivity index (χ1) is 9.31. The Balaban J connectivity index is 1.98. The fourth-order valence-electron chi connectivity index (χ4n) is 2.92. The number of hydrogen-bond acceptors (Lipinski definition) is 2. The van der Waals surface area contributed by atoms with Crippen LogP contribution in [0.3, 0.4) is 0 Å². The lowest BCUT2D eigenvalue weighted by molar-refractivity contribution is -0.122. The van der Waals surface area contributed by atoms with E-state index in [-0.39, 0.29) is 5.91 Å². The molecule has 2 rings (SSSR count). The molecule has 1 fully saturated rings. The zero-order chi connectivity index (χ0) is 13.5. The molecule has 2 N–H and O–H groups in total. The Kier molecular flexibility index (Phi) is 5.40. The predicted molar refractivity (Wildman–Crippen MR) is 78.1 cm³/mol. The van der Waals surface area contributed by atoms with Crippen molar-refractivity contribution in [3.8, 4) is 0 Å². The fraction of sp³-hybridized carbons (Fsp3) is 0.562. The van der Waals surface area contributed by atoms with Crippen molar-refractivity contribution in [3.63, 3.8) is 0 Å². The molecule has 0 heterocycles. The summed E-state index contributed by atoms with van der Waals surface area (Å²) >= 11 is 0. The lowest BCUT2D eigenvalue weighted by Gasteiger charge is -2.32. The highest BCUT2D eigenvalue weighted by Gasteiger charge is 2.27. The summed E-state index contributed by atoms with van der Waals surface area (Å²) in [6.45, 7) is 0.745. The van der Waals surface area contributed by atoms with Crippen LogP contribution in [0.25, 0.3) is 0 Å². The van der Waals surface area contributed by atoms with E-state index < -0.39 is 0 Å². The van der Waals surface area contributed by atoms with E-state index in [9.17, 15) is 4.79 Å². The summed E-state index contributed by atoms with van der Waals surface area (Å²) in [7, 11) is 1.88. The molecule has 0 bridgehead atoms. The van der Waals surface area contributed by atoms with Crippen LogP contribution in [0.4, 0.5) is 0 Å². The van der Waals surface area contributed by atoms with Crippen LogP contribution in [0.5, 0.6) is 0 Å². The van der Waals surface area contributed by atoms with Crippen LogP contribution < -0.4 is 10.6 Å². The molecule has 0 aliphatic heterocycles. The van der Waals surface area contributed by atoms with Crippen molar-refractivity contribution in [1.82, 2.24) is 10.6 Å². The van der Waals surface area contributed by atoms with Gasteiger partial charge in [-0.3, -0.25) is 4.79 Å². The Morgan fingerprint density at radius 3 is 2.68 bits per heavy atom. The third-order valence-electron chi connectivity index (χ3n) is 3.94. The molecule has 0 aromatic heterocycles. The normalized spacial score (nSPS) is 23.0. The monoisotopic (exact) mass is 260 g/mol. The maximum atomic E-state index is 11.9. The van der Waals surface area contributed by atoms with Crippen molar-refractivity contribution in [2.45, 2.75) is 44.1 Å². The summed E-state index contributed by atoms with van der Waals surface area (Å²) in [6.07, 6.45) is 5.34. The van der Waals surface area contributed by atoms with Gasteiger partial charge in [-0.05, 0) is 25.5 Å². The Labute approximate surface area is 115 Å². The molecule has 2 atom stereocenters. The van der Waals surface area contributed by atoms with Crippen LogP contribution >= 0.6 is 0 Å². The molecule has 0 spiro atoms. The molecule has 1 aliphatic carbocycles. The summed E-state index contributed by atoms with van der Waals surface area (Å²) < 4.78 is 0. The highest BCUT2D eigenvalue weighted by atomic mass is 16.1. The lowest BCUT2D eigenvalue weighted by Crippen LogP contribution is -2.41. The molecule has 2 unspecified atom stereocenters. The van der Waals surface area contributed by atoms with Crippen molar-refractivity contribution in [3.05, 3.63) is 35.9 Å². The van der Waals surface area contributed by atoms with Crippen LogP contribution in [-0.4, -0.2) is 25.5 Å². The van der Waals surface area contributed by atoms with Gasteiger partial charge in [0.15, 0.2) is 0 Å². The largest absolute Gasteiger partial charge is 0.353 e. The van der Waals surface area contributed by atoms with E-state index in [4.69, 9.17) is 0 Å². The van der Waals surface area contributed by atoms with Crippen molar-refractivity contribution >= 4 is 5.91 Å². The highest BCUT2D eigenvalue weighted by molar-refractivity contribution is 5.76. The maximum Gasteiger partial charge on any atom is 0.221 e. The predicted octanol–water partition coefficient (Wildman–Crippen LogP) is 2.44. The Morgan fingerprint density at radius 1 is 1.21 bits per heavy atom. The van der Waals surface area contributed by atoms with Crippen LogP contribution in [0.15, 0.2) is 30.3 Å². The SMILES string of the molecule is CNCCC(=O)NC1CCCCC1c1ccccc1. The third-order valence-corrected chi connectivity index (χ3v) is 3.94. The zero-order valence-electron chi connectivity index (χ0n) is 11.7. The molecular weight excluding hydrogens is 236 g/mol. The molecule has 1 amide bonds. The summed E-state index contributed by atoms with van der Waals surface area (Å²) in [4.78, 5) is 11.9. The van der Waals surface area contributed by atoms with Gasteiger partial charge < -0.3 is 10.6 Å². The van der Waals surface area contributed by atoms with Gasteiger partial charge in [0.2, 0.25) is 5.91 Å². The smallest absolute Gasteiger partial charge is 0.221 e. The summed E-state index contributed by atoms with van der Waals surface area (Å²) in [5.41, 5.74) is 1.36. The first-order valence-corrected chi connectivity index (χ1v) is 7.30. The third kappa shape index (κ3) is 4.06.